The molecule has 0 aliphatic rings. The van der Waals surface area contributed by atoms with Gasteiger partial charge in [-0.15, -0.1) is 12.4 Å². The van der Waals surface area contributed by atoms with Crippen LogP contribution in [0.15, 0.2) is 43.0 Å². The van der Waals surface area contributed by atoms with Crippen molar-refractivity contribution in [3.63, 3.8) is 0 Å². The number of nitrogens with zero attached hydrogens (tertiary/aromatic N) is 2. The number of benzene rings is 1. The number of carbonyl (C=O) groups is 1. The zero-order valence-electron chi connectivity index (χ0n) is 10.5. The van der Waals surface area contributed by atoms with E-state index in [4.69, 9.17) is 0 Å². The summed E-state index contributed by atoms with van der Waals surface area (Å²) in [6, 6.07) is 7.61. The molecule has 0 radical (unpaired) electrons. The lowest BCUT2D eigenvalue weighted by Gasteiger charge is -2.11. The lowest BCUT2D eigenvalue weighted by molar-refractivity contribution is 0.0935. The van der Waals surface area contributed by atoms with Gasteiger partial charge in [-0.2, -0.15) is 0 Å². The number of carbonyl (C=O) groups excluding carboxylic acids is 1. The number of hydrogen-bond donors (Lipinski definition) is 0. The van der Waals surface area contributed by atoms with Crippen LogP contribution < -0.4 is 0 Å². The second-order valence-electron chi connectivity index (χ2n) is 4.10. The van der Waals surface area contributed by atoms with Crippen molar-refractivity contribution in [1.82, 2.24) is 9.55 Å². The SMILES string of the molecule is CCc1ccc(C(=O)C(C)n2ccnc2)cc1.Cl. The smallest absolute Gasteiger partial charge is 0.185 e. The normalized spacial score (nSPS) is 11.7. The summed E-state index contributed by atoms with van der Waals surface area (Å²) in [5.41, 5.74) is 2.00. The Balaban J connectivity index is 0.00000162. The van der Waals surface area contributed by atoms with E-state index in [0.717, 1.165) is 12.0 Å². The Kier molecular flexibility index (Phi) is 5.10. The van der Waals surface area contributed by atoms with Crippen LogP contribution in [-0.4, -0.2) is 15.3 Å². The first-order valence-electron chi connectivity index (χ1n) is 5.83. The number of imidazole rings is 1. The molecule has 1 aromatic heterocycles. The third kappa shape index (κ3) is 2.99. The van der Waals surface area contributed by atoms with Crippen LogP contribution in [0, 0.1) is 0 Å². The molecule has 0 N–H and O–H groups in total. The van der Waals surface area contributed by atoms with E-state index in [0.29, 0.717) is 0 Å². The number of hydrogen-bond acceptors (Lipinski definition) is 2. The van der Waals surface area contributed by atoms with E-state index in [1.807, 2.05) is 42.0 Å². The number of Topliss-reactive ketones (excluding diaryl/α,β-unsaturated/α-hetero) is 1. The molecule has 0 spiro atoms. The van der Waals surface area contributed by atoms with Crippen molar-refractivity contribution in [2.75, 3.05) is 0 Å². The fraction of sp³-hybridized carbons (Fsp3) is 0.286. The lowest BCUT2D eigenvalue weighted by atomic mass is 10.0. The summed E-state index contributed by atoms with van der Waals surface area (Å²) in [6.45, 7) is 3.99. The van der Waals surface area contributed by atoms with E-state index >= 15 is 0 Å². The summed E-state index contributed by atoms with van der Waals surface area (Å²) >= 11 is 0. The molecule has 0 amide bonds. The van der Waals surface area contributed by atoms with Gasteiger partial charge >= 0.3 is 0 Å². The average molecular weight is 265 g/mol. The molecule has 1 atom stereocenters. The van der Waals surface area contributed by atoms with Crippen LogP contribution in [0.25, 0.3) is 0 Å². The largest absolute Gasteiger partial charge is 0.327 e. The van der Waals surface area contributed by atoms with Crippen molar-refractivity contribution in [3.8, 4) is 0 Å². The molecule has 2 rings (SSSR count). The topological polar surface area (TPSA) is 34.9 Å². The molecule has 0 aliphatic heterocycles. The molecule has 4 heteroatoms. The maximum absolute atomic E-state index is 12.2. The van der Waals surface area contributed by atoms with Gasteiger partial charge in [-0.05, 0) is 18.9 Å². The summed E-state index contributed by atoms with van der Waals surface area (Å²) in [4.78, 5) is 16.2. The second-order valence-corrected chi connectivity index (χ2v) is 4.10. The molecule has 0 saturated carbocycles. The number of aromatic nitrogens is 2. The van der Waals surface area contributed by atoms with E-state index in [9.17, 15) is 4.79 Å². The average Bonchev–Trinajstić information content (AvgIpc) is 2.91. The molecule has 0 saturated heterocycles. The molecular weight excluding hydrogens is 248 g/mol. The first kappa shape index (κ1) is 14.5. The van der Waals surface area contributed by atoms with Gasteiger partial charge in [0.2, 0.25) is 0 Å². The molecule has 0 bridgehead atoms. The highest BCUT2D eigenvalue weighted by Crippen LogP contribution is 2.14. The Morgan fingerprint density at radius 1 is 1.33 bits per heavy atom. The van der Waals surface area contributed by atoms with Gasteiger partial charge in [-0.3, -0.25) is 4.79 Å². The Morgan fingerprint density at radius 3 is 2.50 bits per heavy atom. The summed E-state index contributed by atoms with van der Waals surface area (Å²) in [7, 11) is 0. The van der Waals surface area contributed by atoms with Crippen molar-refractivity contribution in [1.29, 1.82) is 0 Å². The number of ketones is 1. The van der Waals surface area contributed by atoms with Gasteiger partial charge in [0.25, 0.3) is 0 Å². The highest BCUT2D eigenvalue weighted by atomic mass is 35.5. The quantitative estimate of drug-likeness (QED) is 0.794. The summed E-state index contributed by atoms with van der Waals surface area (Å²) in [6.07, 6.45) is 6.15. The molecule has 1 unspecified atom stereocenters. The monoisotopic (exact) mass is 264 g/mol. The molecule has 0 fully saturated rings. The zero-order chi connectivity index (χ0) is 12.3. The van der Waals surface area contributed by atoms with Gasteiger partial charge in [0.1, 0.15) is 0 Å². The second kappa shape index (κ2) is 6.36. The minimum atomic E-state index is -0.204. The van der Waals surface area contributed by atoms with Crippen molar-refractivity contribution < 1.29 is 4.79 Å². The predicted molar refractivity (Wildman–Crippen MR) is 74.3 cm³/mol. The predicted octanol–water partition coefficient (Wildman–Crippen LogP) is 3.31. The van der Waals surface area contributed by atoms with E-state index in [1.165, 1.54) is 5.56 Å². The minimum absolute atomic E-state index is 0. The highest BCUT2D eigenvalue weighted by Gasteiger charge is 2.15. The Hall–Kier alpha value is -1.61. The molecule has 18 heavy (non-hydrogen) atoms. The third-order valence-corrected chi connectivity index (χ3v) is 3.00. The number of rotatable bonds is 4. The van der Waals surface area contributed by atoms with Crippen molar-refractivity contribution in [2.45, 2.75) is 26.3 Å². The van der Waals surface area contributed by atoms with Crippen LogP contribution in [-0.2, 0) is 6.42 Å². The molecule has 0 aliphatic carbocycles. The van der Waals surface area contributed by atoms with Crippen LogP contribution in [0.3, 0.4) is 0 Å². The van der Waals surface area contributed by atoms with E-state index < -0.39 is 0 Å². The minimum Gasteiger partial charge on any atom is -0.327 e. The van der Waals surface area contributed by atoms with Gasteiger partial charge in [0, 0.05) is 18.0 Å². The number of aryl methyl sites for hydroxylation is 1. The fourth-order valence-electron chi connectivity index (χ4n) is 1.78. The Morgan fingerprint density at radius 2 is 2.00 bits per heavy atom. The van der Waals surface area contributed by atoms with Gasteiger partial charge in [0.15, 0.2) is 5.78 Å². The molecule has 1 aromatic carbocycles. The van der Waals surface area contributed by atoms with Gasteiger partial charge in [-0.1, -0.05) is 31.2 Å². The lowest BCUT2D eigenvalue weighted by Crippen LogP contribution is -2.15. The van der Waals surface area contributed by atoms with Crippen molar-refractivity contribution >= 4 is 18.2 Å². The van der Waals surface area contributed by atoms with E-state index in [1.54, 1.807) is 12.5 Å². The Labute approximate surface area is 113 Å². The van der Waals surface area contributed by atoms with E-state index in [-0.39, 0.29) is 24.2 Å². The van der Waals surface area contributed by atoms with Crippen LogP contribution in [0.1, 0.15) is 35.8 Å². The highest BCUT2D eigenvalue weighted by molar-refractivity contribution is 5.98. The first-order valence-corrected chi connectivity index (χ1v) is 5.83. The summed E-state index contributed by atoms with van der Waals surface area (Å²) in [5.74, 6) is 0.116. The summed E-state index contributed by atoms with van der Waals surface area (Å²) < 4.78 is 1.82. The number of halogens is 1. The van der Waals surface area contributed by atoms with Crippen molar-refractivity contribution in [3.05, 3.63) is 54.1 Å². The summed E-state index contributed by atoms with van der Waals surface area (Å²) in [5, 5.41) is 0. The maximum Gasteiger partial charge on any atom is 0.185 e. The van der Waals surface area contributed by atoms with Gasteiger partial charge in [-0.25, -0.2) is 4.98 Å². The van der Waals surface area contributed by atoms with Crippen LogP contribution in [0.2, 0.25) is 0 Å². The molecular formula is C14H17ClN2O. The molecule has 1 heterocycles. The molecule has 3 nitrogen and oxygen atoms in total. The first-order chi connectivity index (χ1) is 8.22. The van der Waals surface area contributed by atoms with Crippen LogP contribution in [0.5, 0.6) is 0 Å². The molecule has 2 aromatic rings. The molecule has 96 valence electrons. The van der Waals surface area contributed by atoms with Gasteiger partial charge in [0.05, 0.1) is 12.4 Å². The zero-order valence-corrected chi connectivity index (χ0v) is 11.4. The van der Waals surface area contributed by atoms with Crippen molar-refractivity contribution in [2.24, 2.45) is 0 Å². The third-order valence-electron chi connectivity index (χ3n) is 3.00. The maximum atomic E-state index is 12.2. The van der Waals surface area contributed by atoms with Crippen LogP contribution >= 0.6 is 12.4 Å². The standard InChI is InChI=1S/C14H16N2O.ClH/c1-3-12-4-6-13(7-5-12)14(17)11(2)16-9-8-15-10-16;/h4-11H,3H2,1-2H3;1H. The van der Waals surface area contributed by atoms with Crippen LogP contribution in [0.4, 0.5) is 0 Å². The Bertz CT molecular complexity index is 491. The fourth-order valence-corrected chi connectivity index (χ4v) is 1.78. The van der Waals surface area contributed by atoms with E-state index in [2.05, 4.69) is 11.9 Å². The van der Waals surface area contributed by atoms with Gasteiger partial charge < -0.3 is 4.57 Å².